The summed E-state index contributed by atoms with van der Waals surface area (Å²) in [6.07, 6.45) is 1.98. The van der Waals surface area contributed by atoms with E-state index >= 15 is 0 Å². The van der Waals surface area contributed by atoms with Gasteiger partial charge < -0.3 is 15.0 Å². The van der Waals surface area contributed by atoms with Crippen LogP contribution in [0.15, 0.2) is 36.4 Å². The van der Waals surface area contributed by atoms with Crippen molar-refractivity contribution in [2.24, 2.45) is 0 Å². The average Bonchev–Trinajstić information content (AvgIpc) is 3.07. The Labute approximate surface area is 186 Å². The van der Waals surface area contributed by atoms with E-state index in [-0.39, 0.29) is 23.4 Å². The van der Waals surface area contributed by atoms with Crippen molar-refractivity contribution >= 4 is 29.1 Å². The summed E-state index contributed by atoms with van der Waals surface area (Å²) in [6.45, 7) is 2.18. The molecule has 2 aromatic carbocycles. The van der Waals surface area contributed by atoms with Gasteiger partial charge in [0.25, 0.3) is 11.8 Å². The number of hydrogen-bond acceptors (Lipinski definition) is 5. The van der Waals surface area contributed by atoms with Gasteiger partial charge in [0.15, 0.2) is 5.78 Å². The number of nitrogens with zero attached hydrogens (tertiary/aromatic N) is 1. The third-order valence-corrected chi connectivity index (χ3v) is 6.07. The summed E-state index contributed by atoms with van der Waals surface area (Å²) < 4.78 is 5.24. The van der Waals surface area contributed by atoms with Crippen molar-refractivity contribution in [1.82, 2.24) is 4.90 Å². The molecule has 166 valence electrons. The zero-order valence-electron chi connectivity index (χ0n) is 18.3. The van der Waals surface area contributed by atoms with E-state index in [4.69, 9.17) is 4.74 Å². The number of nitrogens with one attached hydrogen (secondary N) is 1. The van der Waals surface area contributed by atoms with Crippen LogP contribution >= 0.6 is 0 Å². The molecule has 0 bridgehead atoms. The van der Waals surface area contributed by atoms with Gasteiger partial charge in [-0.25, -0.2) is 0 Å². The van der Waals surface area contributed by atoms with Crippen LogP contribution in [0.2, 0.25) is 0 Å². The van der Waals surface area contributed by atoms with E-state index < -0.39 is 6.04 Å². The standard InChI is InChI=1S/C25H26N2O5/c1-15-10-16(13-20(11-15)32-2)24(30)26-18-6-8-21-17(12-18)14-27(25(21)31)22-9-7-19(28)4-3-5-23(22)29/h6,8,10-13,22H,3-5,7,9,14H2,1-2H3,(H,26,30). The van der Waals surface area contributed by atoms with Crippen LogP contribution in [0, 0.1) is 6.92 Å². The van der Waals surface area contributed by atoms with Crippen LogP contribution in [0.5, 0.6) is 5.75 Å². The first kappa shape index (κ1) is 21.7. The van der Waals surface area contributed by atoms with E-state index in [9.17, 15) is 19.2 Å². The number of ketones is 2. The van der Waals surface area contributed by atoms with Gasteiger partial charge in [0.2, 0.25) is 0 Å². The van der Waals surface area contributed by atoms with Crippen LogP contribution in [-0.2, 0) is 16.1 Å². The van der Waals surface area contributed by atoms with Gasteiger partial charge in [-0.3, -0.25) is 19.2 Å². The van der Waals surface area contributed by atoms with Crippen LogP contribution in [0.1, 0.15) is 63.9 Å². The number of rotatable bonds is 4. The number of hydrogen-bond donors (Lipinski definition) is 1. The molecule has 1 aliphatic heterocycles. The fourth-order valence-corrected chi connectivity index (χ4v) is 4.41. The molecule has 2 aromatic rings. The van der Waals surface area contributed by atoms with Gasteiger partial charge >= 0.3 is 0 Å². The molecule has 7 nitrogen and oxygen atoms in total. The quantitative estimate of drug-likeness (QED) is 0.792. The Hall–Kier alpha value is -3.48. The molecule has 1 N–H and O–H groups in total. The van der Waals surface area contributed by atoms with Crippen LogP contribution in [0.25, 0.3) is 0 Å². The first-order valence-corrected chi connectivity index (χ1v) is 10.8. The van der Waals surface area contributed by atoms with Crippen molar-refractivity contribution in [3.63, 3.8) is 0 Å². The van der Waals surface area contributed by atoms with Gasteiger partial charge in [-0.05, 0) is 67.3 Å². The fraction of sp³-hybridized carbons (Fsp3) is 0.360. The number of fused-ring (bicyclic) bond motifs is 1. The molecule has 1 saturated carbocycles. The smallest absolute Gasteiger partial charge is 0.255 e. The zero-order valence-corrected chi connectivity index (χ0v) is 18.3. The highest BCUT2D eigenvalue weighted by Gasteiger charge is 2.36. The SMILES string of the molecule is COc1cc(C)cc(C(=O)Nc2ccc3c(c2)CN(C2CCC(=O)CCCC2=O)C3=O)c1. The molecule has 32 heavy (non-hydrogen) atoms. The van der Waals surface area contributed by atoms with Gasteiger partial charge in [-0.2, -0.15) is 0 Å². The van der Waals surface area contributed by atoms with Crippen molar-refractivity contribution in [3.05, 3.63) is 58.7 Å². The molecule has 2 aliphatic rings. The summed E-state index contributed by atoms with van der Waals surface area (Å²) in [7, 11) is 1.55. The molecule has 1 aliphatic carbocycles. The maximum absolute atomic E-state index is 13.0. The summed E-state index contributed by atoms with van der Waals surface area (Å²) in [4.78, 5) is 51.8. The Morgan fingerprint density at radius 1 is 1.06 bits per heavy atom. The van der Waals surface area contributed by atoms with Crippen LogP contribution in [-0.4, -0.2) is 41.4 Å². The van der Waals surface area contributed by atoms with Crippen molar-refractivity contribution in [2.75, 3.05) is 12.4 Å². The molecule has 1 atom stereocenters. The highest BCUT2D eigenvalue weighted by Crippen LogP contribution is 2.30. The number of methoxy groups -OCH3 is 1. The van der Waals surface area contributed by atoms with E-state index in [0.717, 1.165) is 11.1 Å². The number of aryl methyl sites for hydroxylation is 1. The van der Waals surface area contributed by atoms with Crippen LogP contribution in [0.3, 0.4) is 0 Å². The minimum Gasteiger partial charge on any atom is -0.497 e. The van der Waals surface area contributed by atoms with Crippen molar-refractivity contribution < 1.29 is 23.9 Å². The topological polar surface area (TPSA) is 92.8 Å². The highest BCUT2D eigenvalue weighted by atomic mass is 16.5. The van der Waals surface area contributed by atoms with E-state index in [1.165, 1.54) is 0 Å². The Balaban J connectivity index is 1.51. The first-order valence-electron chi connectivity index (χ1n) is 10.8. The van der Waals surface area contributed by atoms with Crippen molar-refractivity contribution in [3.8, 4) is 5.75 Å². The van der Waals surface area contributed by atoms with Crippen LogP contribution in [0.4, 0.5) is 5.69 Å². The summed E-state index contributed by atoms with van der Waals surface area (Å²) >= 11 is 0. The number of ether oxygens (including phenoxy) is 1. The van der Waals surface area contributed by atoms with Gasteiger partial charge in [-0.1, -0.05) is 0 Å². The van der Waals surface area contributed by atoms with E-state index in [2.05, 4.69) is 5.32 Å². The van der Waals surface area contributed by atoms with Gasteiger partial charge in [0.1, 0.15) is 11.5 Å². The number of benzene rings is 2. The molecule has 0 saturated heterocycles. The lowest BCUT2D eigenvalue weighted by atomic mass is 9.94. The Kier molecular flexibility index (Phi) is 6.08. The predicted octanol–water partition coefficient (Wildman–Crippen LogP) is 3.68. The Bertz CT molecular complexity index is 1110. The highest BCUT2D eigenvalue weighted by molar-refractivity contribution is 6.06. The van der Waals surface area contributed by atoms with Gasteiger partial charge in [0.05, 0.1) is 13.2 Å². The van der Waals surface area contributed by atoms with Crippen molar-refractivity contribution in [1.29, 1.82) is 0 Å². The van der Waals surface area contributed by atoms with Gasteiger partial charge in [-0.15, -0.1) is 0 Å². The number of carbonyl (C=O) groups is 4. The monoisotopic (exact) mass is 434 g/mol. The van der Waals surface area contributed by atoms with Crippen molar-refractivity contribution in [2.45, 2.75) is 51.6 Å². The van der Waals surface area contributed by atoms with Gasteiger partial charge in [0, 0.05) is 42.6 Å². The third kappa shape index (κ3) is 4.42. The number of carbonyl (C=O) groups excluding carboxylic acids is 4. The lowest BCUT2D eigenvalue weighted by Crippen LogP contribution is -2.42. The molecule has 0 aromatic heterocycles. The summed E-state index contributed by atoms with van der Waals surface area (Å²) in [5.41, 5.74) is 3.25. The zero-order chi connectivity index (χ0) is 22.8. The van der Waals surface area contributed by atoms with Crippen LogP contribution < -0.4 is 10.1 Å². The second-order valence-corrected chi connectivity index (χ2v) is 8.41. The predicted molar refractivity (Wildman–Crippen MR) is 119 cm³/mol. The molecular formula is C25H26N2O5. The second kappa shape index (κ2) is 8.94. The lowest BCUT2D eigenvalue weighted by Gasteiger charge is -2.27. The minimum atomic E-state index is -0.572. The number of amides is 2. The largest absolute Gasteiger partial charge is 0.497 e. The second-order valence-electron chi connectivity index (χ2n) is 8.41. The molecule has 0 radical (unpaired) electrons. The molecule has 2 amide bonds. The molecule has 0 spiro atoms. The normalized spacial score (nSPS) is 18.8. The maximum atomic E-state index is 13.0. The molecule has 1 heterocycles. The summed E-state index contributed by atoms with van der Waals surface area (Å²) in [5.74, 6) is 0.284. The minimum absolute atomic E-state index is 0.0144. The van der Waals surface area contributed by atoms with E-state index in [1.54, 1.807) is 42.3 Å². The number of anilines is 1. The summed E-state index contributed by atoms with van der Waals surface area (Å²) in [6, 6.07) is 9.86. The number of Topliss-reactive ketones (excluding diaryl/α,β-unsaturated/α-hetero) is 2. The average molecular weight is 434 g/mol. The molecule has 1 fully saturated rings. The Morgan fingerprint density at radius 3 is 2.66 bits per heavy atom. The van der Waals surface area contributed by atoms with E-state index in [1.807, 2.05) is 13.0 Å². The van der Waals surface area contributed by atoms with E-state index in [0.29, 0.717) is 61.2 Å². The maximum Gasteiger partial charge on any atom is 0.255 e. The lowest BCUT2D eigenvalue weighted by molar-refractivity contribution is -0.126. The first-order chi connectivity index (χ1) is 15.4. The summed E-state index contributed by atoms with van der Waals surface area (Å²) in [5, 5.41) is 2.87. The molecule has 4 rings (SSSR count). The molecular weight excluding hydrogens is 408 g/mol. The molecule has 7 heteroatoms. The molecule has 1 unspecified atom stereocenters. The Morgan fingerprint density at radius 2 is 1.88 bits per heavy atom. The fourth-order valence-electron chi connectivity index (χ4n) is 4.41. The third-order valence-electron chi connectivity index (χ3n) is 6.07.